The average molecular weight is 278 g/mol. The van der Waals surface area contributed by atoms with Gasteiger partial charge in [-0.3, -0.25) is 4.79 Å². The first-order chi connectivity index (χ1) is 10.1. The summed E-state index contributed by atoms with van der Waals surface area (Å²) in [5, 5.41) is 13.4. The van der Waals surface area contributed by atoms with Gasteiger partial charge in [0.2, 0.25) is 5.69 Å². The van der Waals surface area contributed by atoms with Crippen molar-refractivity contribution in [2.75, 3.05) is 0 Å². The van der Waals surface area contributed by atoms with Gasteiger partial charge in [-0.05, 0) is 36.6 Å². The second-order valence-electron chi connectivity index (χ2n) is 4.77. The molecule has 0 bridgehead atoms. The molecule has 0 aliphatic carbocycles. The molecule has 3 rings (SSSR count). The Balaban J connectivity index is 2.31. The molecule has 0 unspecified atom stereocenters. The molecule has 2 N–H and O–H groups in total. The van der Waals surface area contributed by atoms with Crippen LogP contribution in [0.4, 0.5) is 0 Å². The Morgan fingerprint density at radius 3 is 2.90 bits per heavy atom. The van der Waals surface area contributed by atoms with E-state index in [0.717, 1.165) is 15.7 Å². The monoisotopic (exact) mass is 278 g/mol. The number of benzene rings is 1. The number of hydrogen-bond acceptors (Lipinski definition) is 3. The Hall–Kier alpha value is -2.95. The molecule has 2 aromatic heterocycles. The lowest BCUT2D eigenvalue weighted by atomic mass is 10.0. The Labute approximate surface area is 121 Å². The number of amides is 1. The number of nitrogens with zero attached hydrogens (tertiary/aromatic N) is 2. The fourth-order valence-electron chi connectivity index (χ4n) is 2.40. The maximum atomic E-state index is 12.0. The molecule has 5 heteroatoms. The van der Waals surface area contributed by atoms with Gasteiger partial charge in [0.25, 0.3) is 5.91 Å². The molecule has 0 saturated carbocycles. The number of rotatable bonds is 2. The standard InChI is InChI=1S/C16H12N3O2/c1-10-3-2-8-19(21)15(10)12-5-4-11-6-7-18-14(16(17)20)13(11)9-12/h2-6,8-9H,1H3,(H2,17,20). The summed E-state index contributed by atoms with van der Waals surface area (Å²) in [5.74, 6) is -0.617. The second kappa shape index (κ2) is 4.86. The molecule has 21 heavy (non-hydrogen) atoms. The van der Waals surface area contributed by atoms with Crippen LogP contribution in [-0.2, 0) is 0 Å². The minimum absolute atomic E-state index is 0.153. The predicted octanol–water partition coefficient (Wildman–Crippen LogP) is 1.74. The van der Waals surface area contributed by atoms with Crippen molar-refractivity contribution in [3.63, 3.8) is 0 Å². The number of carbonyl (C=O) groups excluding carboxylic acids is 1. The highest BCUT2D eigenvalue weighted by atomic mass is 16.5. The summed E-state index contributed by atoms with van der Waals surface area (Å²) < 4.78 is 0.808. The molecular weight excluding hydrogens is 266 g/mol. The highest BCUT2D eigenvalue weighted by Gasteiger charge is 2.15. The van der Waals surface area contributed by atoms with Gasteiger partial charge in [0.1, 0.15) is 5.69 Å². The van der Waals surface area contributed by atoms with Gasteiger partial charge in [-0.2, -0.15) is 4.73 Å². The van der Waals surface area contributed by atoms with Crippen molar-refractivity contribution in [1.82, 2.24) is 4.98 Å². The lowest BCUT2D eigenvalue weighted by Crippen LogP contribution is -2.29. The third-order valence-electron chi connectivity index (χ3n) is 3.37. The molecule has 0 saturated heterocycles. The molecule has 0 atom stereocenters. The summed E-state index contributed by atoms with van der Waals surface area (Å²) >= 11 is 0. The summed E-state index contributed by atoms with van der Waals surface area (Å²) in [5.41, 5.74) is 7.60. The van der Waals surface area contributed by atoms with Gasteiger partial charge in [0.15, 0.2) is 6.20 Å². The minimum atomic E-state index is -0.617. The predicted molar refractivity (Wildman–Crippen MR) is 78.2 cm³/mol. The fourth-order valence-corrected chi connectivity index (χ4v) is 2.40. The summed E-state index contributed by atoms with van der Waals surface area (Å²) in [6.45, 7) is 1.86. The van der Waals surface area contributed by atoms with Crippen LogP contribution in [-0.4, -0.2) is 10.9 Å². The van der Waals surface area contributed by atoms with Crippen LogP contribution in [0.3, 0.4) is 0 Å². The Bertz CT molecular complexity index is 839. The van der Waals surface area contributed by atoms with E-state index in [4.69, 9.17) is 5.73 Å². The molecule has 0 spiro atoms. The summed E-state index contributed by atoms with van der Waals surface area (Å²) in [4.78, 5) is 15.4. The van der Waals surface area contributed by atoms with Crippen LogP contribution in [0.2, 0.25) is 0 Å². The van der Waals surface area contributed by atoms with E-state index in [1.807, 2.05) is 25.1 Å². The minimum Gasteiger partial charge on any atom is -0.618 e. The summed E-state index contributed by atoms with van der Waals surface area (Å²) in [6, 6.07) is 10.6. The van der Waals surface area contributed by atoms with Crippen molar-refractivity contribution in [3.05, 3.63) is 65.3 Å². The average Bonchev–Trinajstić information content (AvgIpc) is 2.46. The molecular formula is C16H12N3O2. The first kappa shape index (κ1) is 13.1. The van der Waals surface area contributed by atoms with Gasteiger partial charge >= 0.3 is 0 Å². The van der Waals surface area contributed by atoms with Crippen LogP contribution in [0.25, 0.3) is 22.0 Å². The molecule has 1 amide bonds. The highest BCUT2D eigenvalue weighted by Crippen LogP contribution is 2.25. The lowest BCUT2D eigenvalue weighted by molar-refractivity contribution is -0.594. The maximum Gasteiger partial charge on any atom is 0.267 e. The van der Waals surface area contributed by atoms with E-state index < -0.39 is 5.91 Å². The SMILES string of the molecule is Cc1ccc[n+]([O-])c1-c1ccc2c[c]nc(C(N)=O)c2c1. The number of carbonyl (C=O) groups is 1. The van der Waals surface area contributed by atoms with E-state index in [9.17, 15) is 10.0 Å². The zero-order valence-corrected chi connectivity index (χ0v) is 11.3. The van der Waals surface area contributed by atoms with Gasteiger partial charge in [-0.25, -0.2) is 4.98 Å². The largest absolute Gasteiger partial charge is 0.618 e. The van der Waals surface area contributed by atoms with Crippen LogP contribution in [0.1, 0.15) is 16.1 Å². The maximum absolute atomic E-state index is 12.0. The molecule has 103 valence electrons. The Morgan fingerprint density at radius 1 is 1.38 bits per heavy atom. The van der Waals surface area contributed by atoms with Crippen LogP contribution >= 0.6 is 0 Å². The Morgan fingerprint density at radius 2 is 2.19 bits per heavy atom. The van der Waals surface area contributed by atoms with E-state index in [1.54, 1.807) is 18.2 Å². The topological polar surface area (TPSA) is 82.9 Å². The number of nitrogens with two attached hydrogens (primary N) is 1. The number of aryl methyl sites for hydroxylation is 1. The van der Waals surface area contributed by atoms with E-state index in [1.165, 1.54) is 6.20 Å². The van der Waals surface area contributed by atoms with E-state index in [2.05, 4.69) is 11.2 Å². The third kappa shape index (κ3) is 2.18. The summed E-state index contributed by atoms with van der Waals surface area (Å²) in [7, 11) is 0. The molecule has 0 aliphatic rings. The highest BCUT2D eigenvalue weighted by molar-refractivity contribution is 6.05. The molecule has 1 aromatic carbocycles. The first-order valence-corrected chi connectivity index (χ1v) is 6.38. The molecule has 0 aliphatic heterocycles. The van der Waals surface area contributed by atoms with Crippen LogP contribution < -0.4 is 10.5 Å². The van der Waals surface area contributed by atoms with Gasteiger partial charge in [-0.1, -0.05) is 6.07 Å². The van der Waals surface area contributed by atoms with E-state index in [-0.39, 0.29) is 5.69 Å². The van der Waals surface area contributed by atoms with Crippen LogP contribution in [0.15, 0.2) is 42.6 Å². The third-order valence-corrected chi connectivity index (χ3v) is 3.37. The molecule has 3 aromatic rings. The smallest absolute Gasteiger partial charge is 0.267 e. The zero-order chi connectivity index (χ0) is 15.0. The van der Waals surface area contributed by atoms with Gasteiger partial charge in [0, 0.05) is 22.6 Å². The van der Waals surface area contributed by atoms with Gasteiger partial charge in [-0.15, -0.1) is 0 Å². The van der Waals surface area contributed by atoms with Crippen molar-refractivity contribution in [2.45, 2.75) is 6.92 Å². The zero-order valence-electron chi connectivity index (χ0n) is 11.3. The van der Waals surface area contributed by atoms with Crippen LogP contribution in [0, 0.1) is 18.3 Å². The molecule has 1 radical (unpaired) electrons. The van der Waals surface area contributed by atoms with E-state index >= 15 is 0 Å². The van der Waals surface area contributed by atoms with E-state index in [0.29, 0.717) is 16.6 Å². The van der Waals surface area contributed by atoms with Crippen molar-refractivity contribution < 1.29 is 9.52 Å². The quantitative estimate of drug-likeness (QED) is 0.572. The number of fused-ring (bicyclic) bond motifs is 1. The summed E-state index contributed by atoms with van der Waals surface area (Å²) in [6.07, 6.45) is 4.09. The fraction of sp³-hybridized carbons (Fsp3) is 0.0625. The number of pyridine rings is 2. The van der Waals surface area contributed by atoms with Gasteiger partial charge in [0.05, 0.1) is 6.20 Å². The first-order valence-electron chi connectivity index (χ1n) is 6.38. The second-order valence-corrected chi connectivity index (χ2v) is 4.77. The lowest BCUT2D eigenvalue weighted by Gasteiger charge is -2.09. The number of aromatic nitrogens is 2. The van der Waals surface area contributed by atoms with Gasteiger partial charge < -0.3 is 10.9 Å². The molecule has 5 nitrogen and oxygen atoms in total. The van der Waals surface area contributed by atoms with Crippen molar-refractivity contribution >= 4 is 16.7 Å². The van der Waals surface area contributed by atoms with Crippen molar-refractivity contribution in [2.24, 2.45) is 5.73 Å². The van der Waals surface area contributed by atoms with Crippen LogP contribution in [0.5, 0.6) is 0 Å². The normalized spacial score (nSPS) is 10.7. The number of hydrogen-bond donors (Lipinski definition) is 1. The molecule has 2 heterocycles. The van der Waals surface area contributed by atoms with Crippen molar-refractivity contribution in [3.8, 4) is 11.3 Å². The molecule has 0 fully saturated rings. The number of primary amides is 1. The Kier molecular flexibility index (Phi) is 3.02. The van der Waals surface area contributed by atoms with Crippen molar-refractivity contribution in [1.29, 1.82) is 0 Å².